The van der Waals surface area contributed by atoms with Gasteiger partial charge in [-0.3, -0.25) is 0 Å². The minimum atomic E-state index is -0.325. The van der Waals surface area contributed by atoms with Gasteiger partial charge >= 0.3 is 5.97 Å². The fourth-order valence-electron chi connectivity index (χ4n) is 2.47. The highest BCUT2D eigenvalue weighted by atomic mass is 32.1. The van der Waals surface area contributed by atoms with Crippen LogP contribution in [0.1, 0.15) is 47.8 Å². The second-order valence-corrected chi connectivity index (χ2v) is 4.61. The smallest absolute Gasteiger partial charge is 0.356 e. The molecule has 0 bridgehead atoms. The van der Waals surface area contributed by atoms with Crippen LogP contribution in [0, 0.1) is 4.77 Å². The Morgan fingerprint density at radius 1 is 1.50 bits per heavy atom. The fraction of sp³-hybridized carbons (Fsp3) is 0.636. The lowest BCUT2D eigenvalue weighted by Gasteiger charge is -2.11. The van der Waals surface area contributed by atoms with Gasteiger partial charge in [0.2, 0.25) is 0 Å². The summed E-state index contributed by atoms with van der Waals surface area (Å²) in [6, 6.07) is 0. The van der Waals surface area contributed by atoms with E-state index in [-0.39, 0.29) is 5.97 Å². The van der Waals surface area contributed by atoms with Crippen LogP contribution in [0.15, 0.2) is 0 Å². The first-order chi connectivity index (χ1) is 7.65. The van der Waals surface area contributed by atoms with E-state index in [2.05, 4.69) is 4.98 Å². The zero-order chi connectivity index (χ0) is 11.7. The van der Waals surface area contributed by atoms with Gasteiger partial charge in [0.1, 0.15) is 5.69 Å². The topological polar surface area (TPSA) is 47.0 Å². The summed E-state index contributed by atoms with van der Waals surface area (Å²) in [4.78, 5) is 14.6. The second-order valence-electron chi connectivity index (χ2n) is 4.22. The molecule has 88 valence electrons. The van der Waals surface area contributed by atoms with Crippen molar-refractivity contribution in [2.45, 2.75) is 31.6 Å². The van der Waals surface area contributed by atoms with Gasteiger partial charge in [-0.05, 0) is 25.1 Å². The Morgan fingerprint density at radius 2 is 2.12 bits per heavy atom. The molecule has 1 aromatic heterocycles. The maximum Gasteiger partial charge on any atom is 0.356 e. The summed E-state index contributed by atoms with van der Waals surface area (Å²) in [5.74, 6) is 0.112. The van der Waals surface area contributed by atoms with Gasteiger partial charge in [-0.25, -0.2) is 4.79 Å². The van der Waals surface area contributed by atoms with E-state index in [1.165, 1.54) is 20.0 Å². The molecule has 5 heteroatoms. The predicted molar refractivity (Wildman–Crippen MR) is 63.1 cm³/mol. The van der Waals surface area contributed by atoms with Gasteiger partial charge in [0.05, 0.1) is 12.8 Å². The largest absolute Gasteiger partial charge is 0.464 e. The number of aromatic amines is 1. The Balaban J connectivity index is 2.48. The number of aromatic nitrogens is 2. The molecular weight excluding hydrogens is 224 g/mol. The Kier molecular flexibility index (Phi) is 3.14. The van der Waals surface area contributed by atoms with Crippen LogP contribution in [0.4, 0.5) is 0 Å². The number of carbonyl (C=O) groups excluding carboxylic acids is 1. The van der Waals surface area contributed by atoms with Gasteiger partial charge in [-0.2, -0.15) is 0 Å². The molecule has 16 heavy (non-hydrogen) atoms. The molecule has 4 nitrogen and oxygen atoms in total. The van der Waals surface area contributed by atoms with Crippen molar-refractivity contribution in [2.24, 2.45) is 7.05 Å². The highest BCUT2D eigenvalue weighted by Gasteiger charge is 2.27. The normalized spacial score (nSPS) is 16.6. The molecule has 1 saturated carbocycles. The molecule has 1 aliphatic carbocycles. The SMILES string of the molecule is COC(=O)c1[nH]c(=S)n(C)c1C1CCCC1. The van der Waals surface area contributed by atoms with E-state index in [1.807, 2.05) is 11.6 Å². The number of H-pyrrole nitrogens is 1. The zero-order valence-electron chi connectivity index (χ0n) is 9.58. The molecule has 0 atom stereocenters. The van der Waals surface area contributed by atoms with Crippen molar-refractivity contribution in [3.63, 3.8) is 0 Å². The lowest BCUT2D eigenvalue weighted by atomic mass is 10.0. The first-order valence-electron chi connectivity index (χ1n) is 5.52. The number of nitrogens with zero attached hydrogens (tertiary/aromatic N) is 1. The van der Waals surface area contributed by atoms with E-state index < -0.39 is 0 Å². The summed E-state index contributed by atoms with van der Waals surface area (Å²) in [5.41, 5.74) is 1.54. The minimum absolute atomic E-state index is 0.325. The average molecular weight is 240 g/mol. The first-order valence-corrected chi connectivity index (χ1v) is 5.93. The maximum absolute atomic E-state index is 11.6. The molecule has 1 aliphatic rings. The van der Waals surface area contributed by atoms with Gasteiger partial charge in [-0.15, -0.1) is 0 Å². The number of nitrogens with one attached hydrogen (secondary N) is 1. The molecule has 0 aromatic carbocycles. The van der Waals surface area contributed by atoms with Crippen molar-refractivity contribution in [1.29, 1.82) is 0 Å². The summed E-state index contributed by atoms with van der Waals surface area (Å²) in [6.45, 7) is 0. The van der Waals surface area contributed by atoms with Crippen molar-refractivity contribution in [2.75, 3.05) is 7.11 Å². The first kappa shape index (κ1) is 11.4. The molecule has 1 fully saturated rings. The zero-order valence-corrected chi connectivity index (χ0v) is 10.4. The third-order valence-electron chi connectivity index (χ3n) is 3.29. The predicted octanol–water partition coefficient (Wildman–Crippen LogP) is 2.53. The van der Waals surface area contributed by atoms with Crippen molar-refractivity contribution >= 4 is 18.2 Å². The number of hydrogen-bond donors (Lipinski definition) is 1. The van der Waals surface area contributed by atoms with Crippen molar-refractivity contribution in [3.05, 3.63) is 16.2 Å². The van der Waals surface area contributed by atoms with E-state index in [0.29, 0.717) is 16.4 Å². The van der Waals surface area contributed by atoms with E-state index >= 15 is 0 Å². The van der Waals surface area contributed by atoms with E-state index in [9.17, 15) is 4.79 Å². The average Bonchev–Trinajstić information content (AvgIpc) is 2.87. The summed E-state index contributed by atoms with van der Waals surface area (Å²) in [7, 11) is 3.30. The molecule has 0 saturated heterocycles. The van der Waals surface area contributed by atoms with Crippen molar-refractivity contribution in [3.8, 4) is 0 Å². The van der Waals surface area contributed by atoms with E-state index in [1.54, 1.807) is 0 Å². The van der Waals surface area contributed by atoms with Gasteiger partial charge in [0.15, 0.2) is 4.77 Å². The summed E-state index contributed by atoms with van der Waals surface area (Å²) < 4.78 is 7.26. The Morgan fingerprint density at radius 3 is 2.69 bits per heavy atom. The summed E-state index contributed by atoms with van der Waals surface area (Å²) in [5, 5.41) is 0. The van der Waals surface area contributed by atoms with Gasteiger partial charge < -0.3 is 14.3 Å². The molecule has 0 unspecified atom stereocenters. The van der Waals surface area contributed by atoms with Crippen LogP contribution in [-0.4, -0.2) is 22.6 Å². The summed E-state index contributed by atoms with van der Waals surface area (Å²) >= 11 is 5.16. The van der Waals surface area contributed by atoms with Crippen LogP contribution in [0.3, 0.4) is 0 Å². The van der Waals surface area contributed by atoms with Gasteiger partial charge in [0, 0.05) is 13.0 Å². The molecule has 1 aromatic rings. The molecule has 0 amide bonds. The van der Waals surface area contributed by atoms with Crippen LogP contribution >= 0.6 is 12.2 Å². The molecule has 0 spiro atoms. The number of ether oxygens (including phenoxy) is 1. The number of rotatable bonds is 2. The van der Waals surface area contributed by atoms with Gasteiger partial charge in [-0.1, -0.05) is 12.8 Å². The molecule has 1 heterocycles. The molecule has 2 rings (SSSR count). The number of carbonyl (C=O) groups is 1. The highest BCUT2D eigenvalue weighted by Crippen LogP contribution is 2.35. The summed E-state index contributed by atoms with van der Waals surface area (Å²) in [6.07, 6.45) is 4.71. The number of methoxy groups -OCH3 is 1. The van der Waals surface area contributed by atoms with Crippen LogP contribution < -0.4 is 0 Å². The lowest BCUT2D eigenvalue weighted by Crippen LogP contribution is -2.10. The Hall–Kier alpha value is -1.10. The van der Waals surface area contributed by atoms with E-state index in [0.717, 1.165) is 18.5 Å². The molecule has 1 N–H and O–H groups in total. The highest BCUT2D eigenvalue weighted by molar-refractivity contribution is 7.71. The molecular formula is C11H16N2O2S. The Bertz CT molecular complexity index is 455. The minimum Gasteiger partial charge on any atom is -0.464 e. The third-order valence-corrected chi connectivity index (χ3v) is 3.66. The Labute approximate surface area is 99.6 Å². The maximum atomic E-state index is 11.6. The fourth-order valence-corrected chi connectivity index (χ4v) is 2.67. The van der Waals surface area contributed by atoms with Crippen LogP contribution in [-0.2, 0) is 11.8 Å². The van der Waals surface area contributed by atoms with Gasteiger partial charge in [0.25, 0.3) is 0 Å². The van der Waals surface area contributed by atoms with Crippen molar-refractivity contribution < 1.29 is 9.53 Å². The van der Waals surface area contributed by atoms with E-state index in [4.69, 9.17) is 17.0 Å². The second kappa shape index (κ2) is 4.41. The monoisotopic (exact) mass is 240 g/mol. The number of imidazole rings is 1. The number of esters is 1. The standard InChI is InChI=1S/C11H16N2O2S/c1-13-9(7-5-3-4-6-7)8(10(14)15-2)12-11(13)16/h7H,3-6H2,1-2H3,(H,12,16). The number of hydrogen-bond acceptors (Lipinski definition) is 3. The molecule has 0 radical (unpaired) electrons. The quantitative estimate of drug-likeness (QED) is 0.638. The molecule has 0 aliphatic heterocycles. The van der Waals surface area contributed by atoms with Crippen LogP contribution in [0.5, 0.6) is 0 Å². The van der Waals surface area contributed by atoms with Crippen LogP contribution in [0.2, 0.25) is 0 Å². The van der Waals surface area contributed by atoms with Crippen LogP contribution in [0.25, 0.3) is 0 Å². The third kappa shape index (κ3) is 1.80. The van der Waals surface area contributed by atoms with Crippen molar-refractivity contribution in [1.82, 2.24) is 9.55 Å². The lowest BCUT2D eigenvalue weighted by molar-refractivity contribution is 0.0592.